The molecule has 0 saturated carbocycles. The molecule has 0 aromatic heterocycles. The molecule has 0 amide bonds. The van der Waals surface area contributed by atoms with E-state index in [1.165, 1.54) is 41.0 Å². The van der Waals surface area contributed by atoms with Gasteiger partial charge in [-0.1, -0.05) is 72.8 Å². The molecule has 0 aliphatic rings. The fourth-order valence-electron chi connectivity index (χ4n) is 3.80. The van der Waals surface area contributed by atoms with E-state index in [2.05, 4.69) is 49.4 Å². The Hall–Kier alpha value is -3.26. The lowest BCUT2D eigenvalue weighted by molar-refractivity contribution is 0.626. The second-order valence-electron chi connectivity index (χ2n) is 7.38. The standard InChI is InChI=1S/C27H22F2/c1-19-17-24(8-7-23(19)18-20-5-3-2-4-6-20)27(21-9-13-25(28)14-10-21)22-11-15-26(29)16-12-22/h2-17,27H,18H2,1H3. The maximum absolute atomic E-state index is 13.5. The van der Waals surface area contributed by atoms with Crippen LogP contribution in [0.15, 0.2) is 97.1 Å². The van der Waals surface area contributed by atoms with Crippen molar-refractivity contribution in [2.45, 2.75) is 19.3 Å². The number of aryl methyl sites for hydroxylation is 1. The Morgan fingerprint density at radius 2 is 1.14 bits per heavy atom. The van der Waals surface area contributed by atoms with E-state index in [9.17, 15) is 8.78 Å². The summed E-state index contributed by atoms with van der Waals surface area (Å²) in [5.41, 5.74) is 6.83. The van der Waals surface area contributed by atoms with E-state index in [4.69, 9.17) is 0 Å². The molecule has 29 heavy (non-hydrogen) atoms. The fourth-order valence-corrected chi connectivity index (χ4v) is 3.80. The average molecular weight is 384 g/mol. The molecule has 0 unspecified atom stereocenters. The van der Waals surface area contributed by atoms with Crippen molar-refractivity contribution in [3.8, 4) is 0 Å². The number of benzene rings is 4. The molecule has 144 valence electrons. The van der Waals surface area contributed by atoms with Gasteiger partial charge in [-0.05, 0) is 71.0 Å². The quantitative estimate of drug-likeness (QED) is 0.324. The van der Waals surface area contributed by atoms with Crippen LogP contribution in [0.1, 0.15) is 39.3 Å². The molecule has 0 bridgehead atoms. The van der Waals surface area contributed by atoms with Gasteiger partial charge in [0.1, 0.15) is 11.6 Å². The summed E-state index contributed by atoms with van der Waals surface area (Å²) in [6, 6.07) is 30.0. The Labute approximate surface area is 170 Å². The van der Waals surface area contributed by atoms with Gasteiger partial charge in [0.25, 0.3) is 0 Å². The number of hydrogen-bond donors (Lipinski definition) is 0. The van der Waals surface area contributed by atoms with Crippen molar-refractivity contribution in [1.29, 1.82) is 0 Å². The summed E-state index contributed by atoms with van der Waals surface area (Å²) in [6.45, 7) is 2.12. The summed E-state index contributed by atoms with van der Waals surface area (Å²) in [5.74, 6) is -0.609. The first-order valence-corrected chi connectivity index (χ1v) is 9.74. The first kappa shape index (κ1) is 19.1. The SMILES string of the molecule is Cc1cc(C(c2ccc(F)cc2)c2ccc(F)cc2)ccc1Cc1ccccc1. The molecule has 0 saturated heterocycles. The van der Waals surface area contributed by atoms with Crippen molar-refractivity contribution < 1.29 is 8.78 Å². The van der Waals surface area contributed by atoms with Crippen molar-refractivity contribution in [2.24, 2.45) is 0 Å². The molecule has 4 rings (SSSR count). The highest BCUT2D eigenvalue weighted by molar-refractivity contribution is 5.46. The minimum Gasteiger partial charge on any atom is -0.207 e. The molecule has 0 aliphatic carbocycles. The second kappa shape index (κ2) is 8.40. The van der Waals surface area contributed by atoms with Crippen LogP contribution in [-0.2, 0) is 6.42 Å². The highest BCUT2D eigenvalue weighted by Gasteiger charge is 2.18. The summed E-state index contributed by atoms with van der Waals surface area (Å²) >= 11 is 0. The van der Waals surface area contributed by atoms with Gasteiger partial charge in [-0.15, -0.1) is 0 Å². The third-order valence-electron chi connectivity index (χ3n) is 5.34. The second-order valence-corrected chi connectivity index (χ2v) is 7.38. The average Bonchev–Trinajstić information content (AvgIpc) is 2.74. The molecule has 4 aromatic carbocycles. The Morgan fingerprint density at radius 1 is 0.621 bits per heavy atom. The van der Waals surface area contributed by atoms with Gasteiger partial charge in [0.2, 0.25) is 0 Å². The molecule has 4 aromatic rings. The lowest BCUT2D eigenvalue weighted by Gasteiger charge is -2.20. The lowest BCUT2D eigenvalue weighted by Crippen LogP contribution is -2.05. The van der Waals surface area contributed by atoms with Crippen LogP contribution in [0.2, 0.25) is 0 Å². The monoisotopic (exact) mass is 384 g/mol. The predicted molar refractivity (Wildman–Crippen MR) is 114 cm³/mol. The van der Waals surface area contributed by atoms with Gasteiger partial charge in [-0.3, -0.25) is 0 Å². The molecule has 0 aliphatic heterocycles. The third-order valence-corrected chi connectivity index (χ3v) is 5.34. The van der Waals surface area contributed by atoms with E-state index in [1.807, 2.05) is 6.07 Å². The third kappa shape index (κ3) is 4.43. The Morgan fingerprint density at radius 3 is 1.66 bits per heavy atom. The minimum absolute atomic E-state index is 0.0827. The van der Waals surface area contributed by atoms with Crippen LogP contribution in [0.25, 0.3) is 0 Å². The van der Waals surface area contributed by atoms with Crippen LogP contribution in [0.4, 0.5) is 8.78 Å². The van der Waals surface area contributed by atoms with Gasteiger partial charge in [-0.25, -0.2) is 8.78 Å². The Balaban J connectivity index is 1.73. The minimum atomic E-state index is -0.263. The molecular formula is C27H22F2. The zero-order chi connectivity index (χ0) is 20.2. The summed E-state index contributed by atoms with van der Waals surface area (Å²) < 4.78 is 27.0. The number of halogens is 2. The smallest absolute Gasteiger partial charge is 0.123 e. The molecular weight excluding hydrogens is 362 g/mol. The van der Waals surface area contributed by atoms with Crippen molar-refractivity contribution >= 4 is 0 Å². The van der Waals surface area contributed by atoms with Gasteiger partial charge in [-0.2, -0.15) is 0 Å². The van der Waals surface area contributed by atoms with Crippen molar-refractivity contribution in [3.05, 3.63) is 142 Å². The van der Waals surface area contributed by atoms with Crippen molar-refractivity contribution in [1.82, 2.24) is 0 Å². The van der Waals surface area contributed by atoms with Crippen molar-refractivity contribution in [3.63, 3.8) is 0 Å². The Bertz CT molecular complexity index is 1040. The molecule has 0 atom stereocenters. The summed E-state index contributed by atoms with van der Waals surface area (Å²) in [5, 5.41) is 0. The normalized spacial score (nSPS) is 11.0. The van der Waals surface area contributed by atoms with E-state index in [-0.39, 0.29) is 17.6 Å². The maximum atomic E-state index is 13.5. The predicted octanol–water partition coefficient (Wildman–Crippen LogP) is 7.04. The maximum Gasteiger partial charge on any atom is 0.123 e. The molecule has 0 nitrogen and oxygen atoms in total. The van der Waals surface area contributed by atoms with Crippen LogP contribution in [0, 0.1) is 18.6 Å². The zero-order valence-electron chi connectivity index (χ0n) is 16.3. The summed E-state index contributed by atoms with van der Waals surface area (Å²) in [6.07, 6.45) is 0.880. The van der Waals surface area contributed by atoms with E-state index < -0.39 is 0 Å². The highest BCUT2D eigenvalue weighted by atomic mass is 19.1. The van der Waals surface area contributed by atoms with Gasteiger partial charge < -0.3 is 0 Å². The van der Waals surface area contributed by atoms with Gasteiger partial charge in [0, 0.05) is 5.92 Å². The molecule has 0 fully saturated rings. The van der Waals surface area contributed by atoms with E-state index in [0.29, 0.717) is 0 Å². The molecule has 0 N–H and O–H groups in total. The molecule has 0 radical (unpaired) electrons. The Kier molecular flexibility index (Phi) is 5.53. The fraction of sp³-hybridized carbons (Fsp3) is 0.111. The van der Waals surface area contributed by atoms with Crippen molar-refractivity contribution in [2.75, 3.05) is 0 Å². The lowest BCUT2D eigenvalue weighted by atomic mass is 9.83. The highest BCUT2D eigenvalue weighted by Crippen LogP contribution is 2.33. The largest absolute Gasteiger partial charge is 0.207 e. The molecule has 2 heteroatoms. The summed E-state index contributed by atoms with van der Waals surface area (Å²) in [7, 11) is 0. The first-order valence-electron chi connectivity index (χ1n) is 9.74. The zero-order valence-corrected chi connectivity index (χ0v) is 16.3. The van der Waals surface area contributed by atoms with Crippen LogP contribution in [-0.4, -0.2) is 0 Å². The van der Waals surface area contributed by atoms with Gasteiger partial charge >= 0.3 is 0 Å². The van der Waals surface area contributed by atoms with E-state index >= 15 is 0 Å². The van der Waals surface area contributed by atoms with Gasteiger partial charge in [0.15, 0.2) is 0 Å². The molecule has 0 spiro atoms. The van der Waals surface area contributed by atoms with E-state index in [0.717, 1.165) is 23.1 Å². The first-order chi connectivity index (χ1) is 14.1. The topological polar surface area (TPSA) is 0 Å². The van der Waals surface area contributed by atoms with Crippen LogP contribution in [0.3, 0.4) is 0 Å². The van der Waals surface area contributed by atoms with Gasteiger partial charge in [0.05, 0.1) is 0 Å². The summed E-state index contributed by atoms with van der Waals surface area (Å²) in [4.78, 5) is 0. The van der Waals surface area contributed by atoms with Crippen LogP contribution >= 0.6 is 0 Å². The van der Waals surface area contributed by atoms with E-state index in [1.54, 1.807) is 24.3 Å². The molecule has 0 heterocycles. The number of hydrogen-bond acceptors (Lipinski definition) is 0. The number of rotatable bonds is 5. The van der Waals surface area contributed by atoms with Crippen LogP contribution in [0.5, 0.6) is 0 Å². The van der Waals surface area contributed by atoms with Crippen LogP contribution < -0.4 is 0 Å².